The molecule has 0 radical (unpaired) electrons. The van der Waals surface area contributed by atoms with Gasteiger partial charge in [0.25, 0.3) is 0 Å². The fourth-order valence-electron chi connectivity index (χ4n) is 2.03. The van der Waals surface area contributed by atoms with Gasteiger partial charge in [-0.1, -0.05) is 41.6 Å². The first-order valence-electron chi connectivity index (χ1n) is 6.71. The number of hydrogen-bond acceptors (Lipinski definition) is 4. The molecule has 0 fully saturated rings. The number of nitrogens with zero attached hydrogens (tertiary/aromatic N) is 3. The first-order valence-corrected chi connectivity index (χ1v) is 8.08. The zero-order chi connectivity index (χ0) is 14.7. The topological polar surface area (TPSA) is 42.2 Å². The summed E-state index contributed by atoms with van der Waals surface area (Å²) in [7, 11) is 0. The quantitative estimate of drug-likeness (QED) is 0.719. The summed E-state index contributed by atoms with van der Waals surface area (Å²) < 4.78 is 1.99. The molecule has 21 heavy (non-hydrogen) atoms. The highest BCUT2D eigenvalue weighted by atomic mass is 35.5. The van der Waals surface area contributed by atoms with Crippen LogP contribution in [0.3, 0.4) is 0 Å². The lowest BCUT2D eigenvalue weighted by molar-refractivity contribution is 1.01. The van der Waals surface area contributed by atoms with Crippen LogP contribution in [0, 0.1) is 0 Å². The maximum Gasteiger partial charge on any atom is 0.169 e. The first kappa shape index (κ1) is 14.2. The number of hydrogen-bond donors (Lipinski definition) is 1. The number of rotatable bonds is 5. The molecule has 2 aromatic heterocycles. The average Bonchev–Trinajstić information content (AvgIpc) is 2.95. The van der Waals surface area contributed by atoms with E-state index < -0.39 is 0 Å². The molecule has 0 saturated carbocycles. The summed E-state index contributed by atoms with van der Waals surface area (Å²) in [4.78, 5) is 9.01. The van der Waals surface area contributed by atoms with E-state index in [2.05, 4.69) is 22.2 Å². The van der Waals surface area contributed by atoms with Crippen LogP contribution in [0.25, 0.3) is 5.65 Å². The number of imidazole rings is 1. The van der Waals surface area contributed by atoms with Crippen LogP contribution in [0.15, 0.2) is 47.9 Å². The van der Waals surface area contributed by atoms with Crippen molar-refractivity contribution in [3.05, 3.63) is 53.4 Å². The van der Waals surface area contributed by atoms with Gasteiger partial charge in [-0.2, -0.15) is 0 Å². The second-order valence-corrected chi connectivity index (χ2v) is 5.87. The van der Waals surface area contributed by atoms with E-state index in [-0.39, 0.29) is 0 Å². The number of benzene rings is 1. The van der Waals surface area contributed by atoms with Crippen molar-refractivity contribution in [3.63, 3.8) is 0 Å². The van der Waals surface area contributed by atoms with Crippen molar-refractivity contribution in [2.24, 2.45) is 0 Å². The van der Waals surface area contributed by atoms with Gasteiger partial charge >= 0.3 is 0 Å². The van der Waals surface area contributed by atoms with Crippen LogP contribution in [0.2, 0.25) is 5.02 Å². The highest BCUT2D eigenvalue weighted by Gasteiger charge is 2.09. The van der Waals surface area contributed by atoms with Crippen molar-refractivity contribution in [3.8, 4) is 0 Å². The average molecular weight is 319 g/mol. The molecule has 0 unspecified atom stereocenters. The predicted molar refractivity (Wildman–Crippen MR) is 88.2 cm³/mol. The lowest BCUT2D eigenvalue weighted by atomic mass is 10.2. The van der Waals surface area contributed by atoms with Gasteiger partial charge in [0.1, 0.15) is 10.8 Å². The molecule has 0 aliphatic carbocycles. The van der Waals surface area contributed by atoms with Gasteiger partial charge in [-0.25, -0.2) is 9.97 Å². The molecule has 0 amide bonds. The normalized spacial score (nSPS) is 11.0. The zero-order valence-electron chi connectivity index (χ0n) is 11.6. The Bertz CT molecular complexity index is 756. The fourth-order valence-corrected chi connectivity index (χ4v) is 3.30. The van der Waals surface area contributed by atoms with E-state index in [1.54, 1.807) is 18.0 Å². The molecular formula is C15H15ClN4S. The second-order valence-electron chi connectivity index (χ2n) is 4.50. The Hall–Kier alpha value is -1.72. The SMILES string of the molecule is CCNc1cn2ccnc2c(SCc2ccccc2Cl)n1. The number of halogens is 1. The largest absolute Gasteiger partial charge is 0.369 e. The summed E-state index contributed by atoms with van der Waals surface area (Å²) >= 11 is 7.84. The molecule has 1 N–H and O–H groups in total. The van der Waals surface area contributed by atoms with Gasteiger partial charge < -0.3 is 9.72 Å². The number of anilines is 1. The minimum atomic E-state index is 0.769. The molecule has 108 valence electrons. The van der Waals surface area contributed by atoms with Gasteiger partial charge in [-0.05, 0) is 18.6 Å². The minimum Gasteiger partial charge on any atom is -0.369 e. The Kier molecular flexibility index (Phi) is 4.31. The molecule has 6 heteroatoms. The second kappa shape index (κ2) is 6.37. The maximum atomic E-state index is 6.20. The Balaban J connectivity index is 1.89. The zero-order valence-corrected chi connectivity index (χ0v) is 13.2. The van der Waals surface area contributed by atoms with Crippen LogP contribution in [0.5, 0.6) is 0 Å². The first-order chi connectivity index (χ1) is 10.3. The molecule has 3 rings (SSSR count). The van der Waals surface area contributed by atoms with Crippen molar-refractivity contribution < 1.29 is 0 Å². The summed E-state index contributed by atoms with van der Waals surface area (Å²) in [6.07, 6.45) is 5.66. The molecular weight excluding hydrogens is 304 g/mol. The molecule has 0 aliphatic rings. The molecule has 0 spiro atoms. The number of nitrogens with one attached hydrogen (secondary N) is 1. The molecule has 0 aliphatic heterocycles. The van der Waals surface area contributed by atoms with Gasteiger partial charge in [0.15, 0.2) is 5.65 Å². The third kappa shape index (κ3) is 3.14. The van der Waals surface area contributed by atoms with Crippen molar-refractivity contribution >= 4 is 34.8 Å². The standard InChI is InChI=1S/C15H15ClN4S/c1-2-17-13-9-20-8-7-18-14(20)15(19-13)21-10-11-5-3-4-6-12(11)16/h3-9,17H,2,10H2,1H3. The Morgan fingerprint density at radius 2 is 2.19 bits per heavy atom. The van der Waals surface area contributed by atoms with E-state index in [9.17, 15) is 0 Å². The smallest absolute Gasteiger partial charge is 0.169 e. The number of aromatic nitrogens is 3. The van der Waals surface area contributed by atoms with Crippen LogP contribution >= 0.6 is 23.4 Å². The number of thioether (sulfide) groups is 1. The Labute approximate surface area is 132 Å². The Morgan fingerprint density at radius 3 is 3.00 bits per heavy atom. The van der Waals surface area contributed by atoms with E-state index in [1.165, 1.54) is 0 Å². The van der Waals surface area contributed by atoms with Crippen LogP contribution in [0.1, 0.15) is 12.5 Å². The molecule has 1 aromatic carbocycles. The monoisotopic (exact) mass is 318 g/mol. The third-order valence-corrected chi connectivity index (χ3v) is 4.39. The summed E-state index contributed by atoms with van der Waals surface area (Å²) in [5, 5.41) is 4.93. The van der Waals surface area contributed by atoms with Gasteiger partial charge in [-0.3, -0.25) is 0 Å². The van der Waals surface area contributed by atoms with Gasteiger partial charge in [-0.15, -0.1) is 0 Å². The summed E-state index contributed by atoms with van der Waals surface area (Å²) in [6, 6.07) is 7.88. The highest BCUT2D eigenvalue weighted by Crippen LogP contribution is 2.28. The molecule has 0 saturated heterocycles. The van der Waals surface area contributed by atoms with Crippen LogP contribution in [-0.2, 0) is 5.75 Å². The summed E-state index contributed by atoms with van der Waals surface area (Å²) in [5.74, 6) is 1.62. The summed E-state index contributed by atoms with van der Waals surface area (Å²) in [6.45, 7) is 2.89. The number of fused-ring (bicyclic) bond motifs is 1. The van der Waals surface area contributed by atoms with E-state index >= 15 is 0 Å². The van der Waals surface area contributed by atoms with Gasteiger partial charge in [0.2, 0.25) is 0 Å². The molecule has 0 bridgehead atoms. The van der Waals surface area contributed by atoms with Crippen LogP contribution < -0.4 is 5.32 Å². The van der Waals surface area contributed by atoms with Crippen molar-refractivity contribution in [1.29, 1.82) is 0 Å². The van der Waals surface area contributed by atoms with E-state index in [1.807, 2.05) is 41.1 Å². The third-order valence-electron chi connectivity index (χ3n) is 3.02. The summed E-state index contributed by atoms with van der Waals surface area (Å²) in [5.41, 5.74) is 1.97. The van der Waals surface area contributed by atoms with Crippen molar-refractivity contribution in [1.82, 2.24) is 14.4 Å². The highest BCUT2D eigenvalue weighted by molar-refractivity contribution is 7.98. The lowest BCUT2D eigenvalue weighted by Crippen LogP contribution is -2.02. The van der Waals surface area contributed by atoms with Gasteiger partial charge in [0.05, 0.1) is 6.20 Å². The lowest BCUT2D eigenvalue weighted by Gasteiger charge is -2.08. The van der Waals surface area contributed by atoms with Gasteiger partial charge in [0, 0.05) is 29.7 Å². The van der Waals surface area contributed by atoms with Crippen molar-refractivity contribution in [2.75, 3.05) is 11.9 Å². The molecule has 3 aromatic rings. The van der Waals surface area contributed by atoms with Crippen LogP contribution in [-0.4, -0.2) is 20.9 Å². The van der Waals surface area contributed by atoms with Crippen molar-refractivity contribution in [2.45, 2.75) is 17.7 Å². The maximum absolute atomic E-state index is 6.20. The Morgan fingerprint density at radius 1 is 1.33 bits per heavy atom. The fraction of sp³-hybridized carbons (Fsp3) is 0.200. The molecule has 0 atom stereocenters. The minimum absolute atomic E-state index is 0.769. The van der Waals surface area contributed by atoms with E-state index in [0.29, 0.717) is 0 Å². The van der Waals surface area contributed by atoms with E-state index in [0.717, 1.165) is 39.4 Å². The predicted octanol–water partition coefficient (Wildman–Crippen LogP) is 4.11. The molecule has 4 nitrogen and oxygen atoms in total. The molecule has 2 heterocycles. The van der Waals surface area contributed by atoms with E-state index in [4.69, 9.17) is 11.6 Å². The van der Waals surface area contributed by atoms with Crippen LogP contribution in [0.4, 0.5) is 5.82 Å².